The van der Waals surface area contributed by atoms with E-state index in [-0.39, 0.29) is 36.9 Å². The van der Waals surface area contributed by atoms with Crippen LogP contribution in [-0.4, -0.2) is 55.2 Å². The van der Waals surface area contributed by atoms with E-state index in [0.29, 0.717) is 18.4 Å². The molecule has 1 aromatic rings. The fourth-order valence-corrected chi connectivity index (χ4v) is 3.21. The van der Waals surface area contributed by atoms with Gasteiger partial charge >= 0.3 is 24.2 Å². The molecule has 2 N–H and O–H groups in total. The van der Waals surface area contributed by atoms with Gasteiger partial charge in [0.1, 0.15) is 23.9 Å². The summed E-state index contributed by atoms with van der Waals surface area (Å²) in [5, 5.41) is 0. The molecule has 208 valence electrons. The van der Waals surface area contributed by atoms with Crippen molar-refractivity contribution < 1.29 is 47.6 Å². The van der Waals surface area contributed by atoms with Crippen LogP contribution in [0.15, 0.2) is 18.2 Å². The lowest BCUT2D eigenvalue weighted by molar-refractivity contribution is -0.154. The third-order valence-corrected chi connectivity index (χ3v) is 5.52. The largest absolute Gasteiger partial charge is 0.514 e. The minimum Gasteiger partial charge on any atom is -0.468 e. The zero-order chi connectivity index (χ0) is 28.2. The Kier molecular flexibility index (Phi) is 12.9. The number of ether oxygens (including phenoxy) is 6. The van der Waals surface area contributed by atoms with Crippen molar-refractivity contribution in [2.45, 2.75) is 97.5 Å². The summed E-state index contributed by atoms with van der Waals surface area (Å²) in [6.07, 6.45) is -2.21. The molecule has 11 heteroatoms. The average molecular weight is 526 g/mol. The van der Waals surface area contributed by atoms with Crippen LogP contribution >= 0.6 is 0 Å². The SMILES string of the molecule is CCC(=O)O[C@@H](C)CC(N)(Cc1ccc(OC(=O)OC(C)CC)c(OC(=O)OC(C)CC)c1)C(=O)OC. The summed E-state index contributed by atoms with van der Waals surface area (Å²) in [4.78, 5) is 48.8. The Morgan fingerprint density at radius 1 is 0.838 bits per heavy atom. The fourth-order valence-electron chi connectivity index (χ4n) is 3.21. The summed E-state index contributed by atoms with van der Waals surface area (Å²) in [7, 11) is 1.20. The molecule has 3 unspecified atom stereocenters. The maximum absolute atomic E-state index is 12.6. The van der Waals surface area contributed by atoms with Gasteiger partial charge in [0.25, 0.3) is 0 Å². The topological polar surface area (TPSA) is 150 Å². The summed E-state index contributed by atoms with van der Waals surface area (Å²) in [5.41, 5.74) is 5.30. The second-order valence-corrected chi connectivity index (χ2v) is 8.84. The molecule has 0 saturated heterocycles. The van der Waals surface area contributed by atoms with Gasteiger partial charge in [-0.05, 0) is 51.3 Å². The normalized spacial score (nSPS) is 14.8. The van der Waals surface area contributed by atoms with Crippen LogP contribution in [0.2, 0.25) is 0 Å². The standard InChI is InChI=1S/C26H39NO10/c1-8-16(4)34-24(30)36-20-12-11-19(13-21(20)37-25(31)35-17(5)9-2)15-26(27,23(29)32-7)14-18(6)33-22(28)10-3/h11-13,16-18H,8-10,14-15,27H2,1-7H3/t16?,17?,18-,26?/m0/s1. The van der Waals surface area contributed by atoms with Crippen molar-refractivity contribution in [3.63, 3.8) is 0 Å². The zero-order valence-corrected chi connectivity index (χ0v) is 22.7. The molecule has 37 heavy (non-hydrogen) atoms. The molecule has 4 atom stereocenters. The number of hydrogen-bond acceptors (Lipinski definition) is 11. The molecule has 0 aliphatic heterocycles. The third-order valence-electron chi connectivity index (χ3n) is 5.52. The Morgan fingerprint density at radius 3 is 1.86 bits per heavy atom. The molecule has 0 saturated carbocycles. The number of methoxy groups -OCH3 is 1. The highest BCUT2D eigenvalue weighted by Crippen LogP contribution is 2.32. The summed E-state index contributed by atoms with van der Waals surface area (Å²) in [6.45, 7) is 10.4. The molecule has 0 heterocycles. The van der Waals surface area contributed by atoms with Crippen LogP contribution < -0.4 is 15.2 Å². The fraction of sp³-hybridized carbons (Fsp3) is 0.615. The highest BCUT2D eigenvalue weighted by molar-refractivity contribution is 5.81. The minimum absolute atomic E-state index is 0.0306. The molecule has 0 aromatic heterocycles. The van der Waals surface area contributed by atoms with Gasteiger partial charge < -0.3 is 34.2 Å². The van der Waals surface area contributed by atoms with Gasteiger partial charge in [-0.3, -0.25) is 9.59 Å². The summed E-state index contributed by atoms with van der Waals surface area (Å²) in [6, 6.07) is 4.33. The van der Waals surface area contributed by atoms with Crippen molar-refractivity contribution in [3.8, 4) is 11.5 Å². The Bertz CT molecular complexity index is 934. The highest BCUT2D eigenvalue weighted by atomic mass is 16.7. The van der Waals surface area contributed by atoms with Crippen LogP contribution in [-0.2, 0) is 35.0 Å². The van der Waals surface area contributed by atoms with Crippen LogP contribution in [0, 0.1) is 0 Å². The maximum atomic E-state index is 12.6. The minimum atomic E-state index is -1.57. The number of rotatable bonds is 13. The summed E-state index contributed by atoms with van der Waals surface area (Å²) < 4.78 is 31.0. The number of carbonyl (C=O) groups is 4. The van der Waals surface area contributed by atoms with Crippen molar-refractivity contribution in [2.24, 2.45) is 5.73 Å². The lowest BCUT2D eigenvalue weighted by Crippen LogP contribution is -2.53. The van der Waals surface area contributed by atoms with Gasteiger partial charge in [-0.1, -0.05) is 26.8 Å². The number of carbonyl (C=O) groups excluding carboxylic acids is 4. The summed E-state index contributed by atoms with van der Waals surface area (Å²) >= 11 is 0. The zero-order valence-electron chi connectivity index (χ0n) is 22.7. The van der Waals surface area contributed by atoms with E-state index in [9.17, 15) is 19.2 Å². The van der Waals surface area contributed by atoms with E-state index in [1.54, 1.807) is 33.8 Å². The summed E-state index contributed by atoms with van der Waals surface area (Å²) in [5.74, 6) is -1.38. The Hall–Kier alpha value is -3.34. The van der Waals surface area contributed by atoms with E-state index in [0.717, 1.165) is 0 Å². The number of benzene rings is 1. The van der Waals surface area contributed by atoms with Crippen molar-refractivity contribution >= 4 is 24.2 Å². The molecule has 1 aromatic carbocycles. The van der Waals surface area contributed by atoms with Crippen molar-refractivity contribution in [1.29, 1.82) is 0 Å². The van der Waals surface area contributed by atoms with E-state index < -0.39 is 42.0 Å². The Morgan fingerprint density at radius 2 is 1.38 bits per heavy atom. The number of hydrogen-bond donors (Lipinski definition) is 1. The van der Waals surface area contributed by atoms with Gasteiger partial charge in [0, 0.05) is 19.3 Å². The van der Waals surface area contributed by atoms with E-state index in [2.05, 4.69) is 0 Å². The Labute approximate surface area is 217 Å². The first kappa shape index (κ1) is 31.7. The van der Waals surface area contributed by atoms with Crippen LogP contribution in [0.4, 0.5) is 9.59 Å². The first-order valence-corrected chi connectivity index (χ1v) is 12.3. The van der Waals surface area contributed by atoms with Gasteiger partial charge in [0.15, 0.2) is 11.5 Å². The lowest BCUT2D eigenvalue weighted by atomic mass is 9.86. The molecule has 11 nitrogen and oxygen atoms in total. The monoisotopic (exact) mass is 525 g/mol. The highest BCUT2D eigenvalue weighted by Gasteiger charge is 2.38. The number of esters is 2. The van der Waals surface area contributed by atoms with Gasteiger partial charge in [0.05, 0.1) is 7.11 Å². The van der Waals surface area contributed by atoms with E-state index in [1.807, 2.05) is 13.8 Å². The average Bonchev–Trinajstić information content (AvgIpc) is 2.84. The quantitative estimate of drug-likeness (QED) is 0.221. The van der Waals surface area contributed by atoms with Crippen molar-refractivity contribution in [2.75, 3.05) is 7.11 Å². The smallest absolute Gasteiger partial charge is 0.468 e. The van der Waals surface area contributed by atoms with Crippen LogP contribution in [0.25, 0.3) is 0 Å². The van der Waals surface area contributed by atoms with Crippen LogP contribution in [0.3, 0.4) is 0 Å². The maximum Gasteiger partial charge on any atom is 0.514 e. The predicted octanol–water partition coefficient (Wildman–Crippen LogP) is 4.46. The van der Waals surface area contributed by atoms with Gasteiger partial charge in [-0.2, -0.15) is 0 Å². The van der Waals surface area contributed by atoms with E-state index >= 15 is 0 Å². The van der Waals surface area contributed by atoms with Gasteiger partial charge in [0.2, 0.25) is 0 Å². The number of nitrogens with two attached hydrogens (primary N) is 1. The van der Waals surface area contributed by atoms with E-state index in [1.165, 1.54) is 19.2 Å². The molecule has 0 amide bonds. The predicted molar refractivity (Wildman–Crippen MR) is 133 cm³/mol. The van der Waals surface area contributed by atoms with Crippen LogP contribution in [0.1, 0.15) is 72.8 Å². The van der Waals surface area contributed by atoms with Gasteiger partial charge in [-0.25, -0.2) is 9.59 Å². The molecular formula is C26H39NO10. The molecular weight excluding hydrogens is 486 g/mol. The Balaban J connectivity index is 3.28. The molecule has 0 aliphatic rings. The van der Waals surface area contributed by atoms with E-state index in [4.69, 9.17) is 34.2 Å². The second kappa shape index (κ2) is 15.0. The molecule has 0 aliphatic carbocycles. The lowest BCUT2D eigenvalue weighted by Gasteiger charge is -2.29. The molecule has 1 rings (SSSR count). The molecule has 0 spiro atoms. The van der Waals surface area contributed by atoms with Crippen LogP contribution in [0.5, 0.6) is 11.5 Å². The third kappa shape index (κ3) is 10.7. The second-order valence-electron chi connectivity index (χ2n) is 8.84. The molecule has 0 bridgehead atoms. The molecule has 0 fully saturated rings. The molecule has 0 radical (unpaired) electrons. The first-order valence-electron chi connectivity index (χ1n) is 12.3. The van der Waals surface area contributed by atoms with Gasteiger partial charge in [-0.15, -0.1) is 0 Å². The van der Waals surface area contributed by atoms with Crippen molar-refractivity contribution in [1.82, 2.24) is 0 Å². The van der Waals surface area contributed by atoms with Crippen molar-refractivity contribution in [3.05, 3.63) is 23.8 Å². The first-order chi connectivity index (χ1) is 17.4.